The Morgan fingerprint density at radius 3 is 2.13 bits per heavy atom. The number of aromatic nitrogens is 1. The van der Waals surface area contributed by atoms with E-state index in [1.807, 2.05) is 78.9 Å². The lowest BCUT2D eigenvalue weighted by molar-refractivity contribution is -0.150. The summed E-state index contributed by atoms with van der Waals surface area (Å²) < 4.78 is 11.6. The average Bonchev–Trinajstić information content (AvgIpc) is 3.51. The molecule has 0 saturated heterocycles. The number of aromatic amines is 1. The summed E-state index contributed by atoms with van der Waals surface area (Å²) in [6, 6.07) is 33.7. The molecule has 0 unspecified atom stereocenters. The largest absolute Gasteiger partial charge is 0.465 e. The van der Waals surface area contributed by atoms with Gasteiger partial charge in [-0.1, -0.05) is 91.0 Å². The molecule has 4 aromatic carbocycles. The Hall–Kier alpha value is -4.64. The van der Waals surface area contributed by atoms with Crippen molar-refractivity contribution in [2.45, 2.75) is 18.8 Å². The van der Waals surface area contributed by atoms with Crippen LogP contribution in [0.1, 0.15) is 29.0 Å². The van der Waals surface area contributed by atoms with E-state index in [0.29, 0.717) is 12.2 Å². The summed E-state index contributed by atoms with van der Waals surface area (Å²) in [6.07, 6.45) is 1.99. The van der Waals surface area contributed by atoms with Gasteiger partial charge >= 0.3 is 11.9 Å². The van der Waals surface area contributed by atoms with Crippen molar-refractivity contribution >= 4 is 22.8 Å². The number of ether oxygens (including phenoxy) is 2. The Balaban J connectivity index is 1.18. The summed E-state index contributed by atoms with van der Waals surface area (Å²) in [5, 5.41) is 0.820. The highest BCUT2D eigenvalue weighted by Gasteiger charge is 2.30. The van der Waals surface area contributed by atoms with Gasteiger partial charge < -0.3 is 14.5 Å². The van der Waals surface area contributed by atoms with Gasteiger partial charge in [0.05, 0.1) is 12.3 Å². The number of esters is 2. The van der Waals surface area contributed by atoms with Crippen molar-refractivity contribution in [2.24, 2.45) is 5.92 Å². The van der Waals surface area contributed by atoms with E-state index in [1.54, 1.807) is 6.20 Å². The third-order valence-corrected chi connectivity index (χ3v) is 7.21. The summed E-state index contributed by atoms with van der Waals surface area (Å²) in [5.41, 5.74) is 6.50. The zero-order chi connectivity index (χ0) is 25.9. The van der Waals surface area contributed by atoms with Crippen LogP contribution in [0.4, 0.5) is 0 Å². The molecule has 5 nitrogen and oxygen atoms in total. The van der Waals surface area contributed by atoms with Gasteiger partial charge in [0.2, 0.25) is 0 Å². The predicted octanol–water partition coefficient (Wildman–Crippen LogP) is 6.68. The Labute approximate surface area is 221 Å². The van der Waals surface area contributed by atoms with Crippen LogP contribution in [0.3, 0.4) is 0 Å². The van der Waals surface area contributed by atoms with Gasteiger partial charge in [0.25, 0.3) is 0 Å². The minimum atomic E-state index is -0.679. The first-order valence-electron chi connectivity index (χ1n) is 12.8. The molecule has 1 atom stereocenters. The highest BCUT2D eigenvalue weighted by molar-refractivity contribution is 5.90. The molecule has 1 aliphatic rings. The van der Waals surface area contributed by atoms with Crippen molar-refractivity contribution in [1.82, 2.24) is 4.98 Å². The van der Waals surface area contributed by atoms with E-state index in [4.69, 9.17) is 9.47 Å². The first kappa shape index (κ1) is 23.7. The topological polar surface area (TPSA) is 68.4 Å². The molecule has 1 aliphatic carbocycles. The molecule has 1 aromatic heterocycles. The summed E-state index contributed by atoms with van der Waals surface area (Å²) in [6.45, 7) is 0.225. The third-order valence-electron chi connectivity index (χ3n) is 7.21. The van der Waals surface area contributed by atoms with Gasteiger partial charge in [-0.3, -0.25) is 9.59 Å². The Kier molecular flexibility index (Phi) is 6.49. The van der Waals surface area contributed by atoms with Crippen molar-refractivity contribution in [1.29, 1.82) is 0 Å². The van der Waals surface area contributed by atoms with Crippen LogP contribution in [0.2, 0.25) is 0 Å². The number of rotatable bonds is 8. The molecule has 0 amide bonds. The second-order valence-corrected chi connectivity index (χ2v) is 9.62. The molecular weight excluding hydrogens is 474 g/mol. The number of para-hydroxylation sites is 1. The van der Waals surface area contributed by atoms with Gasteiger partial charge in [0.15, 0.2) is 5.75 Å². The van der Waals surface area contributed by atoms with Gasteiger partial charge in [-0.2, -0.15) is 0 Å². The van der Waals surface area contributed by atoms with E-state index in [1.165, 1.54) is 11.1 Å². The van der Waals surface area contributed by atoms with E-state index in [-0.39, 0.29) is 18.9 Å². The number of hydrogen-bond acceptors (Lipinski definition) is 4. The van der Waals surface area contributed by atoms with Crippen LogP contribution >= 0.6 is 0 Å². The van der Waals surface area contributed by atoms with Crippen LogP contribution in [0.5, 0.6) is 5.75 Å². The van der Waals surface area contributed by atoms with Crippen LogP contribution < -0.4 is 4.74 Å². The fourth-order valence-electron chi connectivity index (χ4n) is 5.33. The summed E-state index contributed by atoms with van der Waals surface area (Å²) >= 11 is 0. The average molecular weight is 502 g/mol. The van der Waals surface area contributed by atoms with E-state index >= 15 is 0 Å². The second-order valence-electron chi connectivity index (χ2n) is 9.62. The standard InChI is InChI=1S/C33H27NO4/c35-32(37-21-29-26-14-6-4-12-24(26)25-13-5-7-15-27(25)29)19-23(18-22-10-2-1-3-11-22)33(36)38-31-20-34-30-17-9-8-16-28(30)31/h1-17,20,23,29,34H,18-19,21H2/t23-/m1/s1. The van der Waals surface area contributed by atoms with Gasteiger partial charge in [-0.15, -0.1) is 0 Å². The monoisotopic (exact) mass is 501 g/mol. The number of carbonyl (C=O) groups is 2. The summed E-state index contributed by atoms with van der Waals surface area (Å²) in [5.74, 6) is -1.12. The first-order chi connectivity index (χ1) is 18.7. The number of hydrogen-bond donors (Lipinski definition) is 1. The molecule has 1 heterocycles. The fraction of sp³-hybridized carbons (Fsp3) is 0.152. The minimum absolute atomic E-state index is 0.0305. The molecule has 38 heavy (non-hydrogen) atoms. The van der Waals surface area contributed by atoms with Crippen molar-refractivity contribution < 1.29 is 19.1 Å². The molecule has 0 radical (unpaired) electrons. The van der Waals surface area contributed by atoms with Crippen molar-refractivity contribution in [3.8, 4) is 16.9 Å². The zero-order valence-electron chi connectivity index (χ0n) is 20.8. The molecule has 0 aliphatic heterocycles. The molecule has 5 heteroatoms. The van der Waals surface area contributed by atoms with Crippen LogP contribution in [0.15, 0.2) is 109 Å². The highest BCUT2D eigenvalue weighted by atomic mass is 16.5. The normalized spacial score (nSPS) is 13.1. The Bertz CT molecular complexity index is 1560. The van der Waals surface area contributed by atoms with Gasteiger partial charge in [-0.05, 0) is 46.4 Å². The number of carbonyl (C=O) groups excluding carboxylic acids is 2. The molecule has 1 N–H and O–H groups in total. The number of H-pyrrole nitrogens is 1. The fourth-order valence-corrected chi connectivity index (χ4v) is 5.33. The lowest BCUT2D eigenvalue weighted by atomic mass is 9.96. The van der Waals surface area contributed by atoms with Crippen LogP contribution in [-0.4, -0.2) is 23.5 Å². The first-order valence-corrected chi connectivity index (χ1v) is 12.8. The Morgan fingerprint density at radius 1 is 0.763 bits per heavy atom. The van der Waals surface area contributed by atoms with Crippen LogP contribution in [0.25, 0.3) is 22.0 Å². The van der Waals surface area contributed by atoms with Crippen molar-refractivity contribution in [3.05, 3.63) is 126 Å². The molecule has 0 fully saturated rings. The smallest absolute Gasteiger partial charge is 0.315 e. The van der Waals surface area contributed by atoms with Crippen molar-refractivity contribution in [2.75, 3.05) is 6.61 Å². The van der Waals surface area contributed by atoms with Crippen LogP contribution in [0, 0.1) is 5.92 Å². The molecular formula is C33H27NO4. The maximum Gasteiger partial charge on any atom is 0.315 e. The number of benzene rings is 4. The van der Waals surface area contributed by atoms with Gasteiger partial charge in [0, 0.05) is 23.0 Å². The maximum absolute atomic E-state index is 13.3. The Morgan fingerprint density at radius 2 is 1.39 bits per heavy atom. The van der Waals surface area contributed by atoms with E-state index in [0.717, 1.165) is 27.6 Å². The highest BCUT2D eigenvalue weighted by Crippen LogP contribution is 2.44. The number of fused-ring (bicyclic) bond motifs is 4. The summed E-state index contributed by atoms with van der Waals surface area (Å²) in [4.78, 5) is 29.6. The van der Waals surface area contributed by atoms with E-state index < -0.39 is 17.9 Å². The van der Waals surface area contributed by atoms with Gasteiger partial charge in [-0.25, -0.2) is 0 Å². The maximum atomic E-state index is 13.3. The molecule has 0 saturated carbocycles. The zero-order valence-corrected chi connectivity index (χ0v) is 20.8. The molecule has 188 valence electrons. The van der Waals surface area contributed by atoms with Crippen molar-refractivity contribution in [3.63, 3.8) is 0 Å². The molecule has 5 aromatic rings. The second kappa shape index (κ2) is 10.4. The quantitative estimate of drug-likeness (QED) is 0.241. The minimum Gasteiger partial charge on any atom is -0.465 e. The van der Waals surface area contributed by atoms with E-state index in [9.17, 15) is 9.59 Å². The SMILES string of the molecule is O=C(C[C@@H](Cc1ccccc1)C(=O)Oc1c[nH]c2ccccc12)OCC1c2ccccc2-c2ccccc21. The third kappa shape index (κ3) is 4.71. The number of nitrogens with one attached hydrogen (secondary N) is 1. The molecule has 0 spiro atoms. The van der Waals surface area contributed by atoms with Gasteiger partial charge in [0.1, 0.15) is 6.61 Å². The van der Waals surface area contributed by atoms with Crippen LogP contribution in [-0.2, 0) is 20.7 Å². The predicted molar refractivity (Wildman–Crippen MR) is 147 cm³/mol. The lowest BCUT2D eigenvalue weighted by Crippen LogP contribution is -2.26. The molecule has 0 bridgehead atoms. The van der Waals surface area contributed by atoms with E-state index in [2.05, 4.69) is 29.2 Å². The summed E-state index contributed by atoms with van der Waals surface area (Å²) in [7, 11) is 0. The molecule has 6 rings (SSSR count). The lowest BCUT2D eigenvalue weighted by Gasteiger charge is -2.17.